The van der Waals surface area contributed by atoms with Crippen LogP contribution in [0, 0.1) is 5.92 Å². The van der Waals surface area contributed by atoms with Crippen LogP contribution < -0.4 is 10.5 Å². The van der Waals surface area contributed by atoms with Crippen molar-refractivity contribution in [1.29, 1.82) is 0 Å². The third-order valence-electron chi connectivity index (χ3n) is 3.76. The van der Waals surface area contributed by atoms with Gasteiger partial charge < -0.3 is 15.4 Å². The van der Waals surface area contributed by atoms with Gasteiger partial charge in [0.15, 0.2) is 0 Å². The van der Waals surface area contributed by atoms with Gasteiger partial charge in [0.1, 0.15) is 5.75 Å². The summed E-state index contributed by atoms with van der Waals surface area (Å²) >= 11 is 0. The van der Waals surface area contributed by atoms with E-state index in [0.29, 0.717) is 24.6 Å². The highest BCUT2D eigenvalue weighted by Crippen LogP contribution is 2.23. The van der Waals surface area contributed by atoms with Gasteiger partial charge in [-0.05, 0) is 36.6 Å². The van der Waals surface area contributed by atoms with Crippen LogP contribution in [0.1, 0.15) is 30.1 Å². The largest absolute Gasteiger partial charge is 0.435 e. The van der Waals surface area contributed by atoms with Crippen LogP contribution in [0.5, 0.6) is 5.75 Å². The third-order valence-corrected chi connectivity index (χ3v) is 3.76. The van der Waals surface area contributed by atoms with Gasteiger partial charge in [-0.3, -0.25) is 4.79 Å². The molecule has 2 rings (SSSR count). The second-order valence-electron chi connectivity index (χ2n) is 5.33. The predicted octanol–water partition coefficient (Wildman–Crippen LogP) is 2.49. The van der Waals surface area contributed by atoms with Crippen LogP contribution in [0.4, 0.5) is 8.78 Å². The molecule has 0 saturated carbocycles. The first-order valence-electron chi connectivity index (χ1n) is 7.11. The first-order chi connectivity index (χ1) is 10.0. The van der Waals surface area contributed by atoms with Crippen LogP contribution in [0.2, 0.25) is 0 Å². The second-order valence-corrected chi connectivity index (χ2v) is 5.33. The molecule has 1 aromatic carbocycles. The number of likely N-dealkylation sites (tertiary alicyclic amines) is 1. The minimum atomic E-state index is -2.86. The Kier molecular flexibility index (Phi) is 5.12. The molecule has 6 heteroatoms. The molecular weight excluding hydrogens is 278 g/mol. The van der Waals surface area contributed by atoms with E-state index in [2.05, 4.69) is 11.7 Å². The van der Waals surface area contributed by atoms with Gasteiger partial charge in [0.25, 0.3) is 5.91 Å². The summed E-state index contributed by atoms with van der Waals surface area (Å²) in [6.45, 7) is 0.429. The molecule has 1 fully saturated rings. The summed E-state index contributed by atoms with van der Waals surface area (Å²) < 4.78 is 28.4. The summed E-state index contributed by atoms with van der Waals surface area (Å²) in [5.74, 6) is 0.261. The third kappa shape index (κ3) is 3.91. The number of amides is 1. The number of alkyl halides is 2. The van der Waals surface area contributed by atoms with Gasteiger partial charge in [0.05, 0.1) is 0 Å². The Hall–Kier alpha value is -1.69. The zero-order valence-corrected chi connectivity index (χ0v) is 12.0. The molecule has 0 bridgehead atoms. The van der Waals surface area contributed by atoms with E-state index in [1.807, 2.05) is 0 Å². The highest BCUT2D eigenvalue weighted by atomic mass is 19.3. The molecule has 21 heavy (non-hydrogen) atoms. The predicted molar refractivity (Wildman–Crippen MR) is 75.4 cm³/mol. The normalized spacial score (nSPS) is 21.9. The lowest BCUT2D eigenvalue weighted by Crippen LogP contribution is -2.32. The van der Waals surface area contributed by atoms with Crippen LogP contribution in [0.15, 0.2) is 24.3 Å². The van der Waals surface area contributed by atoms with Crippen molar-refractivity contribution in [2.24, 2.45) is 11.7 Å². The number of carbonyl (C=O) groups is 1. The number of nitrogens with two attached hydrogens (primary N) is 1. The van der Waals surface area contributed by atoms with E-state index < -0.39 is 6.61 Å². The Bertz CT molecular complexity index is 479. The van der Waals surface area contributed by atoms with Gasteiger partial charge in [-0.2, -0.15) is 8.78 Å². The average molecular weight is 298 g/mol. The number of hydrogen-bond donors (Lipinski definition) is 1. The van der Waals surface area contributed by atoms with Crippen molar-refractivity contribution in [2.45, 2.75) is 32.4 Å². The minimum Gasteiger partial charge on any atom is -0.435 e. The molecule has 1 aromatic rings. The van der Waals surface area contributed by atoms with Crippen molar-refractivity contribution in [3.8, 4) is 5.75 Å². The fraction of sp³-hybridized carbons (Fsp3) is 0.533. The molecular formula is C15H20F2N2O2. The lowest BCUT2D eigenvalue weighted by Gasteiger charge is -2.16. The molecule has 0 spiro atoms. The van der Waals surface area contributed by atoms with Gasteiger partial charge in [-0.25, -0.2) is 0 Å². The fourth-order valence-corrected chi connectivity index (χ4v) is 2.70. The van der Waals surface area contributed by atoms with E-state index in [1.165, 1.54) is 24.3 Å². The lowest BCUT2D eigenvalue weighted by atomic mass is 9.99. The lowest BCUT2D eigenvalue weighted by molar-refractivity contribution is -0.0498. The van der Waals surface area contributed by atoms with E-state index in [4.69, 9.17) is 5.73 Å². The van der Waals surface area contributed by atoms with E-state index in [1.54, 1.807) is 4.90 Å². The van der Waals surface area contributed by atoms with Crippen LogP contribution in [-0.2, 0) is 0 Å². The first-order valence-corrected chi connectivity index (χ1v) is 7.11. The van der Waals surface area contributed by atoms with Gasteiger partial charge in [0.2, 0.25) is 0 Å². The smallest absolute Gasteiger partial charge is 0.387 e. The summed E-state index contributed by atoms with van der Waals surface area (Å²) in [5.41, 5.74) is 6.51. The number of ether oxygens (including phenoxy) is 1. The Morgan fingerprint density at radius 1 is 1.38 bits per heavy atom. The minimum absolute atomic E-state index is 0.00957. The molecule has 0 unspecified atom stereocenters. The number of benzene rings is 1. The standard InChI is InChI=1S/C15H20F2N2O2/c1-2-3-11-8-19(9-13(11)18)14(20)10-4-6-12(7-5-10)21-15(16)17/h4-7,11,13,15H,2-3,8-9,18H2,1H3/t11-,13-/m1/s1. The van der Waals surface area contributed by atoms with Crippen molar-refractivity contribution in [3.63, 3.8) is 0 Å². The molecule has 116 valence electrons. The van der Waals surface area contributed by atoms with E-state index in [-0.39, 0.29) is 17.7 Å². The summed E-state index contributed by atoms with van der Waals surface area (Å²) in [6, 6.07) is 5.75. The summed E-state index contributed by atoms with van der Waals surface area (Å²) in [5, 5.41) is 0. The van der Waals surface area contributed by atoms with Gasteiger partial charge in [0, 0.05) is 24.7 Å². The number of hydrogen-bond acceptors (Lipinski definition) is 3. The van der Waals surface area contributed by atoms with Crippen molar-refractivity contribution in [1.82, 2.24) is 4.90 Å². The fourth-order valence-electron chi connectivity index (χ4n) is 2.70. The van der Waals surface area contributed by atoms with Gasteiger partial charge >= 0.3 is 6.61 Å². The van der Waals surface area contributed by atoms with E-state index >= 15 is 0 Å². The Morgan fingerprint density at radius 3 is 2.62 bits per heavy atom. The number of carbonyl (C=O) groups excluding carboxylic acids is 1. The van der Waals surface area contributed by atoms with Crippen molar-refractivity contribution in [2.75, 3.05) is 13.1 Å². The quantitative estimate of drug-likeness (QED) is 0.908. The molecule has 1 heterocycles. The molecule has 4 nitrogen and oxygen atoms in total. The zero-order chi connectivity index (χ0) is 15.4. The molecule has 2 atom stereocenters. The summed E-state index contributed by atoms with van der Waals surface area (Å²) in [4.78, 5) is 14.1. The highest BCUT2D eigenvalue weighted by molar-refractivity contribution is 5.94. The number of halogens is 2. The summed E-state index contributed by atoms with van der Waals surface area (Å²) in [6.07, 6.45) is 2.05. The Labute approximate surface area is 122 Å². The first kappa shape index (κ1) is 15.7. The molecule has 1 amide bonds. The SMILES string of the molecule is CCC[C@@H]1CN(C(=O)c2ccc(OC(F)F)cc2)C[C@H]1N. The topological polar surface area (TPSA) is 55.6 Å². The molecule has 0 aliphatic carbocycles. The van der Waals surface area contributed by atoms with E-state index in [0.717, 1.165) is 12.8 Å². The number of rotatable bonds is 5. The molecule has 1 aliphatic heterocycles. The zero-order valence-electron chi connectivity index (χ0n) is 12.0. The molecule has 1 saturated heterocycles. The van der Waals surface area contributed by atoms with Crippen LogP contribution in [0.3, 0.4) is 0 Å². The van der Waals surface area contributed by atoms with E-state index in [9.17, 15) is 13.6 Å². The molecule has 0 aromatic heterocycles. The van der Waals surface area contributed by atoms with Gasteiger partial charge in [-0.1, -0.05) is 13.3 Å². The van der Waals surface area contributed by atoms with Crippen molar-refractivity contribution in [3.05, 3.63) is 29.8 Å². The monoisotopic (exact) mass is 298 g/mol. The molecule has 2 N–H and O–H groups in total. The number of nitrogens with zero attached hydrogens (tertiary/aromatic N) is 1. The average Bonchev–Trinajstić information content (AvgIpc) is 2.80. The van der Waals surface area contributed by atoms with Crippen molar-refractivity contribution < 1.29 is 18.3 Å². The summed E-state index contributed by atoms with van der Waals surface area (Å²) in [7, 11) is 0. The molecule has 1 aliphatic rings. The Balaban J connectivity index is 2.00. The van der Waals surface area contributed by atoms with Crippen molar-refractivity contribution >= 4 is 5.91 Å². The van der Waals surface area contributed by atoms with Crippen LogP contribution >= 0.6 is 0 Å². The maximum atomic E-state index is 12.4. The van der Waals surface area contributed by atoms with Gasteiger partial charge in [-0.15, -0.1) is 0 Å². The van der Waals surface area contributed by atoms with Crippen LogP contribution in [-0.4, -0.2) is 36.5 Å². The maximum Gasteiger partial charge on any atom is 0.387 e. The second kappa shape index (κ2) is 6.85. The Morgan fingerprint density at radius 2 is 2.05 bits per heavy atom. The molecule has 0 radical (unpaired) electrons. The highest BCUT2D eigenvalue weighted by Gasteiger charge is 2.32. The maximum absolute atomic E-state index is 12.4. The van der Waals surface area contributed by atoms with Crippen LogP contribution in [0.25, 0.3) is 0 Å².